The number of anilines is 2. The molecular weight excluding hydrogens is 713 g/mol. The maximum atomic E-state index is 14.2. The van der Waals surface area contributed by atoms with Crippen LogP contribution in [0, 0.1) is 16.7 Å². The number of fused-ring (bicyclic) bond motifs is 2. The second-order valence-corrected chi connectivity index (χ2v) is 13.9. The SMILES string of the molecule is COc1nccc2c([C@H](Nc3cc(Cl)c4ncc(C#N)c(NCC(C)(C)C)c4c3)C3=C(I)N(C4(C(F)F)CC4)NN3)cccc12. The average Bonchev–Trinajstić information content (AvgIpc) is 3.73. The van der Waals surface area contributed by atoms with Crippen LogP contribution in [0.2, 0.25) is 5.02 Å². The van der Waals surface area contributed by atoms with E-state index in [9.17, 15) is 14.0 Å². The number of nitrogens with one attached hydrogen (secondary N) is 4. The molecule has 9 nitrogen and oxygen atoms in total. The Balaban J connectivity index is 1.51. The summed E-state index contributed by atoms with van der Waals surface area (Å²) < 4.78 is 34.6. The highest BCUT2D eigenvalue weighted by Crippen LogP contribution is 2.51. The van der Waals surface area contributed by atoms with Gasteiger partial charge in [0.05, 0.1) is 40.6 Å². The first-order valence-corrected chi connectivity index (χ1v) is 15.9. The van der Waals surface area contributed by atoms with Crippen molar-refractivity contribution in [3.05, 3.63) is 74.3 Å². The molecule has 6 rings (SSSR count). The lowest BCUT2D eigenvalue weighted by molar-refractivity contribution is 0.00808. The third-order valence-electron chi connectivity index (χ3n) is 8.08. The van der Waals surface area contributed by atoms with E-state index >= 15 is 0 Å². The summed E-state index contributed by atoms with van der Waals surface area (Å²) in [4.78, 5) is 8.86. The molecular formula is C32H32ClF2IN8O. The van der Waals surface area contributed by atoms with Crippen LogP contribution in [0.25, 0.3) is 21.7 Å². The van der Waals surface area contributed by atoms with Crippen LogP contribution >= 0.6 is 34.2 Å². The van der Waals surface area contributed by atoms with Gasteiger partial charge in [0.25, 0.3) is 6.43 Å². The molecule has 1 atom stereocenters. The lowest BCUT2D eigenvalue weighted by atomic mass is 9.96. The van der Waals surface area contributed by atoms with Gasteiger partial charge in [0, 0.05) is 35.4 Å². The van der Waals surface area contributed by atoms with Gasteiger partial charge in [0.2, 0.25) is 5.88 Å². The average molecular weight is 745 g/mol. The van der Waals surface area contributed by atoms with Crippen molar-refractivity contribution >= 4 is 67.2 Å². The van der Waals surface area contributed by atoms with Crippen LogP contribution in [0.15, 0.2) is 58.2 Å². The highest BCUT2D eigenvalue weighted by Gasteiger charge is 2.58. The molecule has 1 saturated carbocycles. The standard InChI is InChI=1S/C32H32ClF2IN8O/c1-31(2,3)16-40-24-17(14-37)15-39-25-22(24)12-18(13-23(25)33)41-26(20-6-5-7-21-19(20)8-11-38-29(21)45-4)27-28(36)44(43-42-27)32(9-10-32)30(34)35/h5-8,11-13,15,26,30,41-43H,9-10,16H2,1-4H3,(H,39,40)/t26-/m0/s1. The van der Waals surface area contributed by atoms with Gasteiger partial charge in [-0.15, -0.1) is 5.53 Å². The lowest BCUT2D eigenvalue weighted by Crippen LogP contribution is -2.49. The molecule has 45 heavy (non-hydrogen) atoms. The van der Waals surface area contributed by atoms with Crippen LogP contribution in [0.1, 0.15) is 50.8 Å². The number of methoxy groups -OCH3 is 1. The van der Waals surface area contributed by atoms with E-state index in [0.29, 0.717) is 67.5 Å². The zero-order valence-corrected chi connectivity index (χ0v) is 28.0. The molecule has 0 spiro atoms. The van der Waals surface area contributed by atoms with Crippen molar-refractivity contribution in [2.45, 2.75) is 51.6 Å². The summed E-state index contributed by atoms with van der Waals surface area (Å²) in [5.74, 6) is 0.476. The summed E-state index contributed by atoms with van der Waals surface area (Å²) in [6, 6.07) is 13.1. The number of hydrogen-bond acceptors (Lipinski definition) is 9. The number of alkyl halides is 2. The second-order valence-electron chi connectivity index (χ2n) is 12.4. The van der Waals surface area contributed by atoms with Crippen molar-refractivity contribution in [1.29, 1.82) is 5.26 Å². The summed E-state index contributed by atoms with van der Waals surface area (Å²) in [7, 11) is 1.57. The minimum absolute atomic E-state index is 0.0509. The smallest absolute Gasteiger partial charge is 0.262 e. The molecule has 1 aliphatic heterocycles. The van der Waals surface area contributed by atoms with Crippen molar-refractivity contribution in [2.75, 3.05) is 24.3 Å². The molecule has 0 radical (unpaired) electrons. The van der Waals surface area contributed by atoms with Crippen molar-refractivity contribution in [2.24, 2.45) is 5.41 Å². The van der Waals surface area contributed by atoms with Crippen LogP contribution in [0.4, 0.5) is 20.2 Å². The highest BCUT2D eigenvalue weighted by atomic mass is 127. The number of aromatic nitrogens is 2. The molecule has 1 aliphatic carbocycles. The van der Waals surface area contributed by atoms with Gasteiger partial charge in [-0.05, 0) is 76.1 Å². The van der Waals surface area contributed by atoms with Gasteiger partial charge in [-0.2, -0.15) is 5.26 Å². The molecule has 234 valence electrons. The minimum atomic E-state index is -2.52. The van der Waals surface area contributed by atoms with Crippen LogP contribution in [0.3, 0.4) is 0 Å². The normalized spacial score (nSPS) is 16.6. The predicted octanol–water partition coefficient (Wildman–Crippen LogP) is 7.65. The van der Waals surface area contributed by atoms with Gasteiger partial charge in [-0.3, -0.25) is 9.99 Å². The Hall–Kier alpha value is -3.67. The first kappa shape index (κ1) is 31.3. The Labute approximate surface area is 278 Å². The zero-order chi connectivity index (χ0) is 32.1. The third-order valence-corrected chi connectivity index (χ3v) is 9.43. The molecule has 0 amide bonds. The fourth-order valence-corrected chi connectivity index (χ4v) is 6.88. The summed E-state index contributed by atoms with van der Waals surface area (Å²) in [5, 5.41) is 21.3. The van der Waals surface area contributed by atoms with Gasteiger partial charge in [-0.25, -0.2) is 13.8 Å². The fourth-order valence-electron chi connectivity index (χ4n) is 5.57. The molecule has 13 heteroatoms. The molecule has 0 unspecified atom stereocenters. The van der Waals surface area contributed by atoms with Crippen molar-refractivity contribution < 1.29 is 13.5 Å². The van der Waals surface area contributed by atoms with Gasteiger partial charge < -0.3 is 20.8 Å². The van der Waals surface area contributed by atoms with E-state index in [0.717, 1.165) is 16.3 Å². The minimum Gasteiger partial charge on any atom is -0.481 e. The van der Waals surface area contributed by atoms with Crippen LogP contribution in [-0.4, -0.2) is 40.6 Å². The summed E-state index contributed by atoms with van der Waals surface area (Å²) in [6.07, 6.45) is 1.45. The van der Waals surface area contributed by atoms with Gasteiger partial charge in [-0.1, -0.05) is 44.5 Å². The maximum absolute atomic E-state index is 14.2. The predicted molar refractivity (Wildman–Crippen MR) is 181 cm³/mol. The second kappa shape index (κ2) is 11.9. The van der Waals surface area contributed by atoms with Gasteiger partial charge in [0.1, 0.15) is 15.3 Å². The van der Waals surface area contributed by atoms with Crippen molar-refractivity contribution in [3.8, 4) is 11.9 Å². The van der Waals surface area contributed by atoms with Crippen LogP contribution < -0.4 is 26.3 Å². The number of hydrogen-bond donors (Lipinski definition) is 4. The summed E-state index contributed by atoms with van der Waals surface area (Å²) in [5.41, 5.74) is 8.67. The number of ether oxygens (including phenoxy) is 1. The van der Waals surface area contributed by atoms with E-state index in [1.807, 2.05) is 30.3 Å². The van der Waals surface area contributed by atoms with Gasteiger partial charge >= 0.3 is 0 Å². The fraction of sp³-hybridized carbons (Fsp3) is 0.344. The van der Waals surface area contributed by atoms with Crippen molar-refractivity contribution in [3.63, 3.8) is 0 Å². The molecule has 2 aliphatic rings. The molecule has 2 aromatic carbocycles. The Bertz CT molecular complexity index is 1870. The molecule has 3 heterocycles. The molecule has 4 aromatic rings. The van der Waals surface area contributed by atoms with Crippen LogP contribution in [0.5, 0.6) is 5.88 Å². The lowest BCUT2D eigenvalue weighted by Gasteiger charge is -2.28. The van der Waals surface area contributed by atoms with E-state index in [-0.39, 0.29) is 5.41 Å². The maximum Gasteiger partial charge on any atom is 0.262 e. The highest BCUT2D eigenvalue weighted by molar-refractivity contribution is 14.1. The van der Waals surface area contributed by atoms with E-state index in [1.165, 1.54) is 6.20 Å². The van der Waals surface area contributed by atoms with E-state index in [1.54, 1.807) is 24.4 Å². The van der Waals surface area contributed by atoms with E-state index in [2.05, 4.69) is 81.0 Å². The topological polar surface area (TPSA) is 110 Å². The summed E-state index contributed by atoms with van der Waals surface area (Å²) in [6.45, 7) is 6.94. The number of halogens is 4. The summed E-state index contributed by atoms with van der Waals surface area (Å²) >= 11 is 8.95. The number of rotatable bonds is 9. The molecule has 0 bridgehead atoms. The Morgan fingerprint density at radius 2 is 1.96 bits per heavy atom. The third kappa shape index (κ3) is 5.77. The molecule has 1 fully saturated rings. The molecule has 2 aromatic heterocycles. The van der Waals surface area contributed by atoms with Crippen molar-refractivity contribution in [1.82, 2.24) is 25.9 Å². The zero-order valence-electron chi connectivity index (χ0n) is 25.1. The number of benzene rings is 2. The number of pyridine rings is 2. The quantitative estimate of drug-likeness (QED) is 0.102. The Morgan fingerprint density at radius 3 is 2.62 bits per heavy atom. The number of nitrogens with zero attached hydrogens (tertiary/aromatic N) is 4. The van der Waals surface area contributed by atoms with E-state index in [4.69, 9.17) is 16.3 Å². The number of nitriles is 1. The van der Waals surface area contributed by atoms with Crippen LogP contribution in [-0.2, 0) is 0 Å². The first-order chi connectivity index (χ1) is 21.5. The number of hydrazine groups is 2. The molecule has 4 N–H and O–H groups in total. The Morgan fingerprint density at radius 1 is 1.18 bits per heavy atom. The Kier molecular flexibility index (Phi) is 8.30. The monoisotopic (exact) mass is 744 g/mol. The van der Waals surface area contributed by atoms with Gasteiger partial charge in [0.15, 0.2) is 0 Å². The van der Waals surface area contributed by atoms with E-state index < -0.39 is 18.0 Å². The first-order valence-electron chi connectivity index (χ1n) is 14.4. The molecule has 0 saturated heterocycles. The largest absolute Gasteiger partial charge is 0.481 e.